The Balaban J connectivity index is 1.38. The molecule has 2 aromatic carbocycles. The molecule has 1 aliphatic heterocycles. The zero-order chi connectivity index (χ0) is 20.1. The van der Waals surface area contributed by atoms with Gasteiger partial charge in [-0.15, -0.1) is 10.2 Å². The first-order valence-electron chi connectivity index (χ1n) is 10.1. The molecule has 6 heteroatoms. The molecule has 0 spiro atoms. The number of likely N-dealkylation sites (tertiary alicyclic amines) is 1. The first-order chi connectivity index (χ1) is 14.2. The van der Waals surface area contributed by atoms with Gasteiger partial charge in [-0.3, -0.25) is 4.90 Å². The minimum atomic E-state index is 0.436. The molecule has 0 N–H and O–H groups in total. The molecule has 1 saturated heterocycles. The molecule has 1 aromatic heterocycles. The number of ether oxygens (including phenoxy) is 1. The van der Waals surface area contributed by atoms with E-state index >= 15 is 0 Å². The number of aromatic nitrogens is 3. The Morgan fingerprint density at radius 2 is 1.83 bits per heavy atom. The maximum atomic E-state index is 5.26. The number of methoxy groups -OCH3 is 1. The molecule has 5 nitrogen and oxygen atoms in total. The van der Waals surface area contributed by atoms with Crippen molar-refractivity contribution in [2.45, 2.75) is 36.2 Å². The van der Waals surface area contributed by atoms with E-state index in [9.17, 15) is 0 Å². The largest absolute Gasteiger partial charge is 0.497 e. The predicted octanol–water partition coefficient (Wildman–Crippen LogP) is 4.50. The lowest BCUT2D eigenvalue weighted by Gasteiger charge is -2.32. The van der Waals surface area contributed by atoms with Crippen LogP contribution in [-0.4, -0.2) is 39.9 Å². The second-order valence-corrected chi connectivity index (χ2v) is 8.54. The zero-order valence-corrected chi connectivity index (χ0v) is 17.9. The zero-order valence-electron chi connectivity index (χ0n) is 17.1. The molecule has 0 bridgehead atoms. The van der Waals surface area contributed by atoms with Gasteiger partial charge < -0.3 is 9.30 Å². The van der Waals surface area contributed by atoms with Crippen LogP contribution in [0.15, 0.2) is 59.8 Å². The summed E-state index contributed by atoms with van der Waals surface area (Å²) in [6, 6.07) is 18.9. The quantitative estimate of drug-likeness (QED) is 0.539. The number of hydrogen-bond donors (Lipinski definition) is 0. The van der Waals surface area contributed by atoms with Crippen LogP contribution in [0, 0.1) is 0 Å². The fraction of sp³-hybridized carbons (Fsp3) is 0.391. The lowest BCUT2D eigenvalue weighted by molar-refractivity contribution is 0.195. The van der Waals surface area contributed by atoms with Crippen molar-refractivity contribution >= 4 is 11.8 Å². The van der Waals surface area contributed by atoms with E-state index in [2.05, 4.69) is 69.2 Å². The first-order valence-corrected chi connectivity index (χ1v) is 11.1. The third-order valence-electron chi connectivity index (χ3n) is 5.52. The molecule has 0 amide bonds. The van der Waals surface area contributed by atoms with Crippen LogP contribution in [0.25, 0.3) is 0 Å². The summed E-state index contributed by atoms with van der Waals surface area (Å²) in [4.78, 5) is 2.53. The molecule has 29 heavy (non-hydrogen) atoms. The van der Waals surface area contributed by atoms with E-state index in [-0.39, 0.29) is 0 Å². The Morgan fingerprint density at radius 3 is 2.59 bits per heavy atom. The second-order valence-electron chi connectivity index (χ2n) is 7.60. The van der Waals surface area contributed by atoms with Crippen LogP contribution in [0.2, 0.25) is 0 Å². The molecule has 2 heterocycles. The molecule has 0 aliphatic carbocycles. The molecule has 152 valence electrons. The van der Waals surface area contributed by atoms with Crippen LogP contribution in [0.1, 0.15) is 35.7 Å². The van der Waals surface area contributed by atoms with E-state index in [1.165, 1.54) is 24.0 Å². The molecule has 1 atom stereocenters. The van der Waals surface area contributed by atoms with Crippen molar-refractivity contribution in [3.05, 3.63) is 71.5 Å². The van der Waals surface area contributed by atoms with Gasteiger partial charge in [-0.25, -0.2) is 0 Å². The Labute approximate surface area is 177 Å². The van der Waals surface area contributed by atoms with Gasteiger partial charge >= 0.3 is 0 Å². The maximum absolute atomic E-state index is 5.26. The van der Waals surface area contributed by atoms with Crippen LogP contribution in [0.4, 0.5) is 0 Å². The van der Waals surface area contributed by atoms with E-state index in [0.717, 1.165) is 42.1 Å². The van der Waals surface area contributed by atoms with E-state index in [1.54, 1.807) is 18.9 Å². The fourth-order valence-electron chi connectivity index (χ4n) is 3.93. The van der Waals surface area contributed by atoms with E-state index < -0.39 is 0 Å². The summed E-state index contributed by atoms with van der Waals surface area (Å²) in [5.74, 6) is 3.37. The average Bonchev–Trinajstić information content (AvgIpc) is 3.14. The van der Waals surface area contributed by atoms with Gasteiger partial charge in [0.25, 0.3) is 0 Å². The van der Waals surface area contributed by atoms with Crippen molar-refractivity contribution in [1.29, 1.82) is 0 Å². The predicted molar refractivity (Wildman–Crippen MR) is 117 cm³/mol. The third kappa shape index (κ3) is 5.00. The Kier molecular flexibility index (Phi) is 6.52. The topological polar surface area (TPSA) is 43.2 Å². The van der Waals surface area contributed by atoms with E-state index in [1.807, 2.05) is 12.1 Å². The summed E-state index contributed by atoms with van der Waals surface area (Å²) in [7, 11) is 3.81. The lowest BCUT2D eigenvalue weighted by Crippen LogP contribution is -2.34. The summed E-state index contributed by atoms with van der Waals surface area (Å²) >= 11 is 1.76. The minimum Gasteiger partial charge on any atom is -0.497 e. The van der Waals surface area contributed by atoms with Gasteiger partial charge in [-0.05, 0) is 42.6 Å². The number of piperidine rings is 1. The van der Waals surface area contributed by atoms with Crippen LogP contribution < -0.4 is 4.74 Å². The maximum Gasteiger partial charge on any atom is 0.191 e. The van der Waals surface area contributed by atoms with Crippen molar-refractivity contribution in [3.63, 3.8) is 0 Å². The van der Waals surface area contributed by atoms with Crippen molar-refractivity contribution in [2.75, 3.05) is 20.2 Å². The number of rotatable bonds is 7. The Morgan fingerprint density at radius 1 is 1.03 bits per heavy atom. The normalized spacial score (nSPS) is 17.4. The lowest BCUT2D eigenvalue weighted by atomic mass is 9.96. The van der Waals surface area contributed by atoms with Gasteiger partial charge in [0.2, 0.25) is 0 Å². The SMILES string of the molecule is COc1ccc(CN2CCC[C@@H](c3nnc(SCc4ccccc4)n3C)C2)cc1. The molecular weight excluding hydrogens is 380 g/mol. The molecule has 0 saturated carbocycles. The molecule has 1 fully saturated rings. The van der Waals surface area contributed by atoms with Gasteiger partial charge in [0, 0.05) is 31.8 Å². The van der Waals surface area contributed by atoms with Crippen LogP contribution >= 0.6 is 11.8 Å². The van der Waals surface area contributed by atoms with E-state index in [4.69, 9.17) is 4.74 Å². The average molecular weight is 409 g/mol. The highest BCUT2D eigenvalue weighted by Crippen LogP contribution is 2.29. The summed E-state index contributed by atoms with van der Waals surface area (Å²) < 4.78 is 7.45. The minimum absolute atomic E-state index is 0.436. The van der Waals surface area contributed by atoms with Crippen molar-refractivity contribution < 1.29 is 4.74 Å². The molecule has 0 unspecified atom stereocenters. The number of thioether (sulfide) groups is 1. The standard InChI is InChI=1S/C23H28N4OS/c1-26-22(24-25-23(26)29-17-19-7-4-3-5-8-19)20-9-6-14-27(16-20)15-18-10-12-21(28-2)13-11-18/h3-5,7-8,10-13,20H,6,9,14-17H2,1-2H3/t20-/m1/s1. The highest BCUT2D eigenvalue weighted by molar-refractivity contribution is 7.98. The molecule has 3 aromatic rings. The van der Waals surface area contributed by atoms with Gasteiger partial charge in [0.05, 0.1) is 7.11 Å². The van der Waals surface area contributed by atoms with Crippen molar-refractivity contribution in [3.8, 4) is 5.75 Å². The summed E-state index contributed by atoms with van der Waals surface area (Å²) in [5, 5.41) is 10.0. The Hall–Kier alpha value is -2.31. The molecular formula is C23H28N4OS. The van der Waals surface area contributed by atoms with E-state index in [0.29, 0.717) is 5.92 Å². The highest BCUT2D eigenvalue weighted by atomic mass is 32.2. The number of benzene rings is 2. The monoisotopic (exact) mass is 408 g/mol. The number of nitrogens with zero attached hydrogens (tertiary/aromatic N) is 4. The summed E-state index contributed by atoms with van der Waals surface area (Å²) in [5.41, 5.74) is 2.63. The summed E-state index contributed by atoms with van der Waals surface area (Å²) in [6.45, 7) is 3.13. The Bertz CT molecular complexity index is 910. The van der Waals surface area contributed by atoms with Gasteiger partial charge in [-0.2, -0.15) is 0 Å². The molecule has 0 radical (unpaired) electrons. The van der Waals surface area contributed by atoms with Gasteiger partial charge in [0.15, 0.2) is 5.16 Å². The van der Waals surface area contributed by atoms with Crippen molar-refractivity contribution in [2.24, 2.45) is 7.05 Å². The molecule has 1 aliphatic rings. The van der Waals surface area contributed by atoms with Crippen LogP contribution in [0.5, 0.6) is 5.75 Å². The summed E-state index contributed by atoms with van der Waals surface area (Å²) in [6.07, 6.45) is 2.37. The fourth-order valence-corrected chi connectivity index (χ4v) is 4.80. The molecule has 4 rings (SSSR count). The number of hydrogen-bond acceptors (Lipinski definition) is 5. The second kappa shape index (κ2) is 9.46. The smallest absolute Gasteiger partial charge is 0.191 e. The third-order valence-corrected chi connectivity index (χ3v) is 6.61. The van der Waals surface area contributed by atoms with Crippen LogP contribution in [-0.2, 0) is 19.3 Å². The van der Waals surface area contributed by atoms with Gasteiger partial charge in [-0.1, -0.05) is 54.2 Å². The van der Waals surface area contributed by atoms with Crippen LogP contribution in [0.3, 0.4) is 0 Å². The first kappa shape index (κ1) is 20.0. The highest BCUT2D eigenvalue weighted by Gasteiger charge is 2.26. The van der Waals surface area contributed by atoms with Gasteiger partial charge in [0.1, 0.15) is 11.6 Å². The van der Waals surface area contributed by atoms with Crippen molar-refractivity contribution in [1.82, 2.24) is 19.7 Å².